The molecule has 0 saturated heterocycles. The van der Waals surface area contributed by atoms with E-state index in [1.54, 1.807) is 16.7 Å². The summed E-state index contributed by atoms with van der Waals surface area (Å²) in [5.74, 6) is 0. The molecule has 0 N–H and O–H groups in total. The van der Waals surface area contributed by atoms with Crippen molar-refractivity contribution in [3.8, 4) is 0 Å². The second-order valence-electron chi connectivity index (χ2n) is 5.80. The van der Waals surface area contributed by atoms with Gasteiger partial charge in [-0.05, 0) is 54.4 Å². The Kier molecular flexibility index (Phi) is 2.07. The van der Waals surface area contributed by atoms with Gasteiger partial charge in [0.05, 0.1) is 0 Å². The summed E-state index contributed by atoms with van der Waals surface area (Å²) in [4.78, 5) is 2.51. The molecule has 0 aromatic heterocycles. The predicted molar refractivity (Wildman–Crippen MR) is 69.4 cm³/mol. The Morgan fingerprint density at radius 2 is 2.00 bits per heavy atom. The third-order valence-corrected chi connectivity index (χ3v) is 4.49. The fourth-order valence-corrected chi connectivity index (χ4v) is 3.44. The highest BCUT2D eigenvalue weighted by Crippen LogP contribution is 2.44. The average Bonchev–Trinajstić information content (AvgIpc) is 2.79. The van der Waals surface area contributed by atoms with Gasteiger partial charge in [0.25, 0.3) is 0 Å². The van der Waals surface area contributed by atoms with Crippen molar-refractivity contribution in [1.82, 2.24) is 0 Å². The van der Waals surface area contributed by atoms with Crippen molar-refractivity contribution in [3.05, 3.63) is 28.8 Å². The summed E-state index contributed by atoms with van der Waals surface area (Å²) in [6, 6.07) is 4.74. The van der Waals surface area contributed by atoms with Gasteiger partial charge in [0, 0.05) is 18.8 Å². The van der Waals surface area contributed by atoms with Crippen LogP contribution in [0.1, 0.15) is 43.9 Å². The van der Waals surface area contributed by atoms with Crippen molar-refractivity contribution in [2.24, 2.45) is 0 Å². The van der Waals surface area contributed by atoms with Gasteiger partial charge in [-0.3, -0.25) is 0 Å². The number of hydrogen-bond donors (Lipinski definition) is 0. The Bertz CT molecular complexity index is 431. The molecule has 1 heteroatoms. The fraction of sp³-hybridized carbons (Fsp3) is 0.600. The van der Waals surface area contributed by atoms with E-state index in [2.05, 4.69) is 37.8 Å². The average molecular weight is 215 g/mol. The van der Waals surface area contributed by atoms with Crippen LogP contribution in [0.15, 0.2) is 12.1 Å². The summed E-state index contributed by atoms with van der Waals surface area (Å²) < 4.78 is 0. The lowest BCUT2D eigenvalue weighted by atomic mass is 9.86. The zero-order valence-corrected chi connectivity index (χ0v) is 10.6. The van der Waals surface area contributed by atoms with Crippen LogP contribution in [0.3, 0.4) is 0 Å². The first-order valence-electron chi connectivity index (χ1n) is 6.53. The van der Waals surface area contributed by atoms with E-state index in [1.165, 1.54) is 31.5 Å². The number of anilines is 1. The number of benzene rings is 1. The largest absolute Gasteiger partial charge is 0.371 e. The van der Waals surface area contributed by atoms with Gasteiger partial charge in [-0.15, -0.1) is 0 Å². The number of nitrogens with zero attached hydrogens (tertiary/aromatic N) is 1. The zero-order chi connectivity index (χ0) is 11.3. The Labute approximate surface area is 98.5 Å². The van der Waals surface area contributed by atoms with Crippen LogP contribution in [0.4, 0.5) is 5.69 Å². The van der Waals surface area contributed by atoms with Gasteiger partial charge in [0.1, 0.15) is 0 Å². The van der Waals surface area contributed by atoms with E-state index in [-0.39, 0.29) is 0 Å². The molecule has 16 heavy (non-hydrogen) atoms. The molecular weight excluding hydrogens is 194 g/mol. The lowest BCUT2D eigenvalue weighted by Gasteiger charge is -2.21. The Morgan fingerprint density at radius 3 is 2.75 bits per heavy atom. The fourth-order valence-electron chi connectivity index (χ4n) is 3.44. The summed E-state index contributed by atoms with van der Waals surface area (Å²) in [6.45, 7) is 9.40. The van der Waals surface area contributed by atoms with Crippen LogP contribution in [0, 0.1) is 0 Å². The highest BCUT2D eigenvalue weighted by atomic mass is 15.1. The van der Waals surface area contributed by atoms with Crippen LogP contribution in [-0.4, -0.2) is 13.1 Å². The van der Waals surface area contributed by atoms with E-state index in [0.29, 0.717) is 5.41 Å². The lowest BCUT2D eigenvalue weighted by Crippen LogP contribution is -2.19. The summed E-state index contributed by atoms with van der Waals surface area (Å²) >= 11 is 0. The van der Waals surface area contributed by atoms with Crippen molar-refractivity contribution in [2.75, 3.05) is 18.0 Å². The maximum Gasteiger partial charge on any atom is 0.0402 e. The van der Waals surface area contributed by atoms with Gasteiger partial charge in [-0.25, -0.2) is 0 Å². The van der Waals surface area contributed by atoms with Crippen LogP contribution >= 0.6 is 0 Å². The van der Waals surface area contributed by atoms with Gasteiger partial charge < -0.3 is 4.90 Å². The van der Waals surface area contributed by atoms with E-state index >= 15 is 0 Å². The van der Waals surface area contributed by atoms with Gasteiger partial charge in [-0.2, -0.15) is 0 Å². The second-order valence-corrected chi connectivity index (χ2v) is 5.80. The van der Waals surface area contributed by atoms with E-state index in [4.69, 9.17) is 0 Å². The molecule has 1 aromatic carbocycles. The highest BCUT2D eigenvalue weighted by molar-refractivity contribution is 5.64. The number of rotatable bonds is 1. The minimum absolute atomic E-state index is 0.407. The third-order valence-electron chi connectivity index (χ3n) is 4.49. The topological polar surface area (TPSA) is 3.24 Å². The van der Waals surface area contributed by atoms with E-state index in [1.807, 2.05) is 0 Å². The molecule has 0 atom stereocenters. The number of hydrogen-bond acceptors (Lipinski definition) is 1. The number of likely N-dealkylation sites (N-methyl/N-ethyl adjacent to an activating group) is 1. The van der Waals surface area contributed by atoms with Crippen LogP contribution in [0.5, 0.6) is 0 Å². The predicted octanol–water partition coefficient (Wildman–Crippen LogP) is 3.29. The molecule has 0 saturated carbocycles. The van der Waals surface area contributed by atoms with E-state index in [0.717, 1.165) is 6.54 Å². The molecule has 1 aromatic rings. The van der Waals surface area contributed by atoms with Gasteiger partial charge in [-0.1, -0.05) is 19.9 Å². The van der Waals surface area contributed by atoms with Crippen LogP contribution < -0.4 is 4.90 Å². The Morgan fingerprint density at radius 1 is 1.19 bits per heavy atom. The molecule has 0 radical (unpaired) electrons. The SMILES string of the molecule is CCN1CCc2c1ccc1c2CCC1(C)C. The van der Waals surface area contributed by atoms with Crippen LogP contribution in [0.25, 0.3) is 0 Å². The third kappa shape index (κ3) is 1.24. The van der Waals surface area contributed by atoms with Crippen molar-refractivity contribution >= 4 is 5.69 Å². The molecule has 86 valence electrons. The summed E-state index contributed by atoms with van der Waals surface area (Å²) in [5, 5.41) is 0. The first kappa shape index (κ1) is 10.2. The maximum absolute atomic E-state index is 2.51. The lowest BCUT2D eigenvalue weighted by molar-refractivity contribution is 0.522. The first-order chi connectivity index (χ1) is 7.63. The highest BCUT2D eigenvalue weighted by Gasteiger charge is 2.33. The van der Waals surface area contributed by atoms with E-state index in [9.17, 15) is 0 Å². The molecule has 1 aliphatic carbocycles. The molecule has 1 nitrogen and oxygen atoms in total. The minimum Gasteiger partial charge on any atom is -0.371 e. The zero-order valence-electron chi connectivity index (χ0n) is 10.6. The van der Waals surface area contributed by atoms with Crippen molar-refractivity contribution in [1.29, 1.82) is 0 Å². The van der Waals surface area contributed by atoms with Crippen molar-refractivity contribution < 1.29 is 0 Å². The quantitative estimate of drug-likeness (QED) is 0.695. The normalized spacial score (nSPS) is 21.1. The van der Waals surface area contributed by atoms with Crippen LogP contribution in [0.2, 0.25) is 0 Å². The van der Waals surface area contributed by atoms with Gasteiger partial charge in [0.2, 0.25) is 0 Å². The first-order valence-corrected chi connectivity index (χ1v) is 6.53. The standard InChI is InChI=1S/C15H21N/c1-4-16-10-8-12-11-7-9-15(2,3)13(11)5-6-14(12)16/h5-6H,4,7-10H2,1-3H3. The molecule has 3 rings (SSSR count). The van der Waals surface area contributed by atoms with E-state index < -0.39 is 0 Å². The second kappa shape index (κ2) is 3.26. The molecule has 0 amide bonds. The molecule has 0 fully saturated rings. The Balaban J connectivity index is 2.14. The molecule has 0 bridgehead atoms. The summed E-state index contributed by atoms with van der Waals surface area (Å²) in [7, 11) is 0. The van der Waals surface area contributed by atoms with Crippen LogP contribution in [-0.2, 0) is 18.3 Å². The van der Waals surface area contributed by atoms with Crippen molar-refractivity contribution in [2.45, 2.75) is 45.4 Å². The monoisotopic (exact) mass is 215 g/mol. The molecule has 2 aliphatic rings. The van der Waals surface area contributed by atoms with Gasteiger partial charge >= 0.3 is 0 Å². The van der Waals surface area contributed by atoms with Crippen molar-refractivity contribution in [3.63, 3.8) is 0 Å². The molecule has 1 aliphatic heterocycles. The molecule has 0 unspecified atom stereocenters. The minimum atomic E-state index is 0.407. The Hall–Kier alpha value is -0.980. The maximum atomic E-state index is 2.51. The molecule has 1 heterocycles. The number of fused-ring (bicyclic) bond motifs is 3. The summed E-state index contributed by atoms with van der Waals surface area (Å²) in [6.07, 6.45) is 3.89. The summed E-state index contributed by atoms with van der Waals surface area (Å²) in [5.41, 5.74) is 6.87. The van der Waals surface area contributed by atoms with Gasteiger partial charge in [0.15, 0.2) is 0 Å². The smallest absolute Gasteiger partial charge is 0.0402 e. The molecule has 0 spiro atoms. The molecular formula is C15H21N.